The summed E-state index contributed by atoms with van der Waals surface area (Å²) >= 11 is 0. The van der Waals surface area contributed by atoms with Crippen LogP contribution in [0.15, 0.2) is 42.5 Å². The molecule has 28 heavy (non-hydrogen) atoms. The van der Waals surface area contributed by atoms with Crippen molar-refractivity contribution in [3.63, 3.8) is 0 Å². The van der Waals surface area contributed by atoms with Gasteiger partial charge >= 0.3 is 0 Å². The van der Waals surface area contributed by atoms with E-state index in [1.807, 2.05) is 0 Å². The fourth-order valence-corrected chi connectivity index (χ4v) is 3.97. The number of nitrogens with one attached hydrogen (secondary N) is 1. The van der Waals surface area contributed by atoms with Gasteiger partial charge in [0.15, 0.2) is 11.5 Å². The molecule has 0 spiro atoms. The lowest BCUT2D eigenvalue weighted by Crippen LogP contribution is -2.13. The number of aromatic amines is 1. The van der Waals surface area contributed by atoms with Crippen molar-refractivity contribution in [1.29, 1.82) is 0 Å². The maximum atomic E-state index is 4.77. The molecule has 2 aromatic heterocycles. The third kappa shape index (κ3) is 3.47. The Bertz CT molecular complexity index is 1120. The predicted molar refractivity (Wildman–Crippen MR) is 115 cm³/mol. The van der Waals surface area contributed by atoms with Gasteiger partial charge in [0.2, 0.25) is 0 Å². The number of aromatic nitrogens is 4. The van der Waals surface area contributed by atoms with Crippen molar-refractivity contribution in [3.05, 3.63) is 76.0 Å². The van der Waals surface area contributed by atoms with E-state index >= 15 is 0 Å². The van der Waals surface area contributed by atoms with Crippen molar-refractivity contribution < 1.29 is 0 Å². The molecule has 0 saturated heterocycles. The molecule has 2 aromatic carbocycles. The van der Waals surface area contributed by atoms with Crippen LogP contribution in [0, 0.1) is 20.8 Å². The third-order valence-electron chi connectivity index (χ3n) is 5.19. The van der Waals surface area contributed by atoms with Crippen LogP contribution in [0.3, 0.4) is 0 Å². The molecule has 0 amide bonds. The van der Waals surface area contributed by atoms with Gasteiger partial charge < -0.3 is 0 Å². The summed E-state index contributed by atoms with van der Waals surface area (Å²) in [5.74, 6) is 0.757. The van der Waals surface area contributed by atoms with Crippen molar-refractivity contribution in [2.45, 2.75) is 53.4 Å². The molecule has 1 N–H and O–H groups in total. The first-order valence-corrected chi connectivity index (χ1v) is 9.83. The van der Waals surface area contributed by atoms with Gasteiger partial charge in [-0.1, -0.05) is 74.4 Å². The van der Waals surface area contributed by atoms with Crippen molar-refractivity contribution in [2.75, 3.05) is 0 Å². The molecule has 4 nitrogen and oxygen atoms in total. The third-order valence-corrected chi connectivity index (χ3v) is 5.19. The first kappa shape index (κ1) is 18.5. The molecule has 4 heteroatoms. The number of hydrogen-bond acceptors (Lipinski definition) is 2. The van der Waals surface area contributed by atoms with E-state index in [-0.39, 0.29) is 5.41 Å². The Morgan fingerprint density at radius 1 is 0.893 bits per heavy atom. The van der Waals surface area contributed by atoms with Gasteiger partial charge in [-0.3, -0.25) is 5.10 Å². The van der Waals surface area contributed by atoms with Gasteiger partial charge in [0, 0.05) is 22.2 Å². The van der Waals surface area contributed by atoms with E-state index in [0.717, 1.165) is 29.0 Å². The molecule has 4 rings (SSSR count). The summed E-state index contributed by atoms with van der Waals surface area (Å²) in [6, 6.07) is 15.3. The lowest BCUT2D eigenvalue weighted by molar-refractivity contribution is 0.554. The van der Waals surface area contributed by atoms with Crippen LogP contribution in [0.1, 0.15) is 54.3 Å². The van der Waals surface area contributed by atoms with Gasteiger partial charge in [-0.2, -0.15) is 4.63 Å². The Morgan fingerprint density at radius 2 is 1.54 bits per heavy atom. The van der Waals surface area contributed by atoms with Gasteiger partial charge in [0.1, 0.15) is 0 Å². The second-order valence-corrected chi connectivity index (χ2v) is 8.90. The Labute approximate surface area is 166 Å². The number of nitrogens with zero attached hydrogens (tertiary/aromatic N) is 3. The average Bonchev–Trinajstić information content (AvgIpc) is 3.14. The second-order valence-electron chi connectivity index (χ2n) is 8.90. The zero-order chi connectivity index (χ0) is 20.1. The fraction of sp³-hybridized carbons (Fsp3) is 0.333. The topological polar surface area (TPSA) is 46.0 Å². The Balaban J connectivity index is 1.60. The quantitative estimate of drug-likeness (QED) is 0.513. The number of hydrogen-bond donors (Lipinski definition) is 1. The number of H-pyrrole nitrogens is 1. The molecule has 2 heterocycles. The lowest BCUT2D eigenvalue weighted by Gasteiger charge is -2.16. The summed E-state index contributed by atoms with van der Waals surface area (Å²) in [5, 5.41) is 8.06. The number of rotatable bonds is 3. The zero-order valence-electron chi connectivity index (χ0n) is 17.6. The summed E-state index contributed by atoms with van der Waals surface area (Å²) in [6.45, 7) is 13.0. The molecule has 0 aliphatic carbocycles. The molecule has 0 aliphatic heterocycles. The summed E-state index contributed by atoms with van der Waals surface area (Å²) in [6.07, 6.45) is 0.939. The first-order chi connectivity index (χ1) is 13.2. The van der Waals surface area contributed by atoms with Crippen molar-refractivity contribution in [3.8, 4) is 11.4 Å². The molecule has 0 fully saturated rings. The van der Waals surface area contributed by atoms with E-state index in [2.05, 4.69) is 94.2 Å². The maximum Gasteiger partial charge on any atom is 0.183 e. The molecule has 0 atom stereocenters. The molecule has 0 radical (unpaired) electrons. The minimum atomic E-state index is 0.0441. The molecule has 0 saturated carbocycles. The predicted octanol–water partition coefficient (Wildman–Crippen LogP) is 5.54. The minimum Gasteiger partial charge on any atom is -0.280 e. The van der Waals surface area contributed by atoms with E-state index in [0.29, 0.717) is 0 Å². The van der Waals surface area contributed by atoms with Crippen molar-refractivity contribution in [2.24, 2.45) is 0 Å². The Hall–Kier alpha value is -2.88. The summed E-state index contributed by atoms with van der Waals surface area (Å²) in [5.41, 5.74) is 9.60. The Kier molecular flexibility index (Phi) is 4.37. The zero-order valence-corrected chi connectivity index (χ0v) is 17.6. The van der Waals surface area contributed by atoms with Gasteiger partial charge in [-0.15, -0.1) is 5.10 Å². The fourth-order valence-electron chi connectivity index (χ4n) is 3.97. The monoisotopic (exact) mass is 372 g/mol. The smallest absolute Gasteiger partial charge is 0.183 e. The van der Waals surface area contributed by atoms with Crippen LogP contribution >= 0.6 is 0 Å². The SMILES string of the molecule is Cc1cc(C)cc(Cc2ccc(-c3nc4c(C)c(C(C)(C)C)[nH]n4n3)cc2)c1. The Morgan fingerprint density at radius 3 is 2.11 bits per heavy atom. The van der Waals surface area contributed by atoms with Gasteiger partial charge in [-0.05, 0) is 38.3 Å². The molecule has 144 valence electrons. The molecular weight excluding hydrogens is 344 g/mol. The van der Waals surface area contributed by atoms with Gasteiger partial charge in [0.25, 0.3) is 0 Å². The molecule has 0 aliphatic rings. The molecular formula is C24H28N4. The normalized spacial score (nSPS) is 12.1. The van der Waals surface area contributed by atoms with E-state index in [4.69, 9.17) is 4.98 Å². The molecule has 4 aromatic rings. The van der Waals surface area contributed by atoms with E-state index in [1.165, 1.54) is 27.9 Å². The highest BCUT2D eigenvalue weighted by Crippen LogP contribution is 2.27. The number of aryl methyl sites for hydroxylation is 3. The van der Waals surface area contributed by atoms with Gasteiger partial charge in [0.05, 0.1) is 0 Å². The summed E-state index contributed by atoms with van der Waals surface area (Å²) < 4.78 is 1.80. The lowest BCUT2D eigenvalue weighted by atomic mass is 9.90. The number of benzene rings is 2. The van der Waals surface area contributed by atoms with Gasteiger partial charge in [-0.25, -0.2) is 4.98 Å². The average molecular weight is 373 g/mol. The van der Waals surface area contributed by atoms with Crippen LogP contribution in [0.2, 0.25) is 0 Å². The van der Waals surface area contributed by atoms with Crippen LogP contribution in [-0.4, -0.2) is 19.8 Å². The molecule has 0 unspecified atom stereocenters. The van der Waals surface area contributed by atoms with E-state index in [9.17, 15) is 0 Å². The summed E-state index contributed by atoms with van der Waals surface area (Å²) in [7, 11) is 0. The van der Waals surface area contributed by atoms with E-state index < -0.39 is 0 Å². The standard InChI is InChI=1S/C24H28N4/c1-15-11-16(2)13-19(12-15)14-18-7-9-20(10-8-18)22-25-23-17(3)21(24(4,5)6)26-28(23)27-22/h7-13,26H,14H2,1-6H3. The van der Waals surface area contributed by atoms with Crippen LogP contribution in [-0.2, 0) is 11.8 Å². The molecule has 0 bridgehead atoms. The van der Waals surface area contributed by atoms with E-state index in [1.54, 1.807) is 4.63 Å². The van der Waals surface area contributed by atoms with Crippen LogP contribution in [0.5, 0.6) is 0 Å². The van der Waals surface area contributed by atoms with Crippen LogP contribution in [0.4, 0.5) is 0 Å². The summed E-state index contributed by atoms with van der Waals surface area (Å²) in [4.78, 5) is 4.77. The minimum absolute atomic E-state index is 0.0441. The first-order valence-electron chi connectivity index (χ1n) is 9.83. The maximum absolute atomic E-state index is 4.77. The number of fused-ring (bicyclic) bond motifs is 1. The van der Waals surface area contributed by atoms with Crippen molar-refractivity contribution in [1.82, 2.24) is 19.8 Å². The van der Waals surface area contributed by atoms with Crippen LogP contribution < -0.4 is 0 Å². The van der Waals surface area contributed by atoms with Crippen LogP contribution in [0.25, 0.3) is 17.0 Å². The highest BCUT2D eigenvalue weighted by atomic mass is 15.5. The highest BCUT2D eigenvalue weighted by Gasteiger charge is 2.22. The largest absolute Gasteiger partial charge is 0.280 e. The van der Waals surface area contributed by atoms with Crippen molar-refractivity contribution >= 4 is 5.65 Å². The highest BCUT2D eigenvalue weighted by molar-refractivity contribution is 5.61. The second kappa shape index (κ2) is 6.62.